The van der Waals surface area contributed by atoms with E-state index in [2.05, 4.69) is 115 Å². The Bertz CT molecular complexity index is 1630. The molecule has 0 spiro atoms. The lowest BCUT2D eigenvalue weighted by Crippen LogP contribution is -2.20. The monoisotopic (exact) mass is 505 g/mol. The van der Waals surface area contributed by atoms with E-state index in [-0.39, 0.29) is 0 Å². The Balaban J connectivity index is 1.42. The van der Waals surface area contributed by atoms with E-state index in [1.165, 1.54) is 26.6 Å². The molecule has 2 aliphatic carbocycles. The molecule has 0 bridgehead atoms. The quantitative estimate of drug-likeness (QED) is 0.266. The summed E-state index contributed by atoms with van der Waals surface area (Å²) in [7, 11) is 0. The molecule has 0 saturated heterocycles. The fourth-order valence-corrected chi connectivity index (χ4v) is 5.90. The lowest BCUT2D eigenvalue weighted by molar-refractivity contribution is 0.681. The van der Waals surface area contributed by atoms with Crippen molar-refractivity contribution < 1.29 is 0 Å². The molecular weight excluding hydrogens is 474 g/mol. The highest BCUT2D eigenvalue weighted by molar-refractivity contribution is 7.13. The Morgan fingerprint density at radius 1 is 1.19 bits per heavy atom. The highest BCUT2D eigenvalue weighted by Gasteiger charge is 2.20. The number of allylic oxidation sites excluding steroid dienone is 8. The summed E-state index contributed by atoms with van der Waals surface area (Å²) in [4.78, 5) is 11.0. The molecule has 37 heavy (non-hydrogen) atoms. The maximum Gasteiger partial charge on any atom is 0.181 e. The Kier molecular flexibility index (Phi) is 6.05. The molecule has 0 aromatic carbocycles. The van der Waals surface area contributed by atoms with Crippen molar-refractivity contribution in [3.8, 4) is 11.4 Å². The Labute approximate surface area is 221 Å². The first-order valence-corrected chi connectivity index (χ1v) is 13.7. The lowest BCUT2D eigenvalue weighted by Gasteiger charge is -2.11. The van der Waals surface area contributed by atoms with E-state index < -0.39 is 0 Å². The number of hydrogen-bond acceptors (Lipinski definition) is 4. The number of nitrogens with one attached hydrogen (secondary N) is 3. The van der Waals surface area contributed by atoms with Crippen LogP contribution in [0.15, 0.2) is 78.7 Å². The first kappa shape index (κ1) is 23.5. The summed E-state index contributed by atoms with van der Waals surface area (Å²) in [6, 6.07) is 9.23. The molecule has 0 radical (unpaired) electrons. The van der Waals surface area contributed by atoms with Gasteiger partial charge in [0.25, 0.3) is 0 Å². The van der Waals surface area contributed by atoms with Crippen LogP contribution in [-0.4, -0.2) is 26.2 Å². The van der Waals surface area contributed by atoms with Crippen molar-refractivity contribution >= 4 is 33.5 Å². The van der Waals surface area contributed by atoms with Gasteiger partial charge >= 0.3 is 0 Å². The average molecular weight is 506 g/mol. The second-order valence-electron chi connectivity index (χ2n) is 10.1. The van der Waals surface area contributed by atoms with Crippen molar-refractivity contribution in [2.75, 3.05) is 0 Å². The van der Waals surface area contributed by atoms with E-state index in [4.69, 9.17) is 4.98 Å². The molecule has 4 aromatic rings. The number of aryl methyl sites for hydroxylation is 1. The summed E-state index contributed by atoms with van der Waals surface area (Å²) in [5.74, 6) is 0.329. The normalized spacial score (nSPS) is 17.3. The van der Waals surface area contributed by atoms with Crippen LogP contribution in [0.4, 0.5) is 0 Å². The van der Waals surface area contributed by atoms with Crippen LogP contribution >= 0.6 is 11.3 Å². The number of aromatic nitrogens is 4. The number of rotatable bonds is 5. The molecule has 4 aromatic heterocycles. The van der Waals surface area contributed by atoms with E-state index in [1.54, 1.807) is 0 Å². The number of pyridine rings is 1. The minimum absolute atomic E-state index is 0.329. The third-order valence-corrected chi connectivity index (χ3v) is 7.75. The van der Waals surface area contributed by atoms with Gasteiger partial charge in [0.15, 0.2) is 5.65 Å². The van der Waals surface area contributed by atoms with Crippen LogP contribution in [0.5, 0.6) is 0 Å². The Morgan fingerprint density at radius 3 is 2.89 bits per heavy atom. The first-order valence-electron chi connectivity index (χ1n) is 12.8. The summed E-state index contributed by atoms with van der Waals surface area (Å²) in [5.41, 5.74) is 9.79. The van der Waals surface area contributed by atoms with E-state index in [9.17, 15) is 0 Å². The third-order valence-electron chi connectivity index (χ3n) is 6.72. The van der Waals surface area contributed by atoms with E-state index in [1.807, 2.05) is 17.5 Å². The van der Waals surface area contributed by atoms with Crippen molar-refractivity contribution in [2.45, 2.75) is 40.2 Å². The molecule has 4 heterocycles. The van der Waals surface area contributed by atoms with Crippen molar-refractivity contribution in [3.63, 3.8) is 0 Å². The highest BCUT2D eigenvalue weighted by atomic mass is 32.1. The molecule has 0 aliphatic heterocycles. The summed E-state index contributed by atoms with van der Waals surface area (Å²) >= 11 is 1.83. The fourth-order valence-electron chi connectivity index (χ4n) is 4.99. The van der Waals surface area contributed by atoms with Gasteiger partial charge in [-0.25, -0.2) is 4.98 Å². The van der Waals surface area contributed by atoms with Crippen LogP contribution in [0.25, 0.3) is 33.6 Å². The van der Waals surface area contributed by atoms with Crippen LogP contribution in [-0.2, 0) is 6.42 Å². The number of hydrogen-bond donors (Lipinski definition) is 3. The number of H-pyrrole nitrogens is 2. The van der Waals surface area contributed by atoms with Crippen molar-refractivity contribution in [1.29, 1.82) is 0 Å². The number of fused-ring (bicyclic) bond motifs is 2. The minimum Gasteiger partial charge on any atom is -0.383 e. The van der Waals surface area contributed by atoms with E-state index >= 15 is 0 Å². The van der Waals surface area contributed by atoms with Gasteiger partial charge in [-0.2, -0.15) is 5.10 Å². The van der Waals surface area contributed by atoms with Crippen molar-refractivity contribution in [1.82, 2.24) is 25.5 Å². The molecule has 5 nitrogen and oxygen atoms in total. The van der Waals surface area contributed by atoms with Crippen LogP contribution in [0.2, 0.25) is 0 Å². The molecule has 0 saturated carbocycles. The van der Waals surface area contributed by atoms with Gasteiger partial charge in [-0.15, -0.1) is 11.3 Å². The minimum atomic E-state index is 0.329. The molecular formula is C31H31N5S. The second kappa shape index (κ2) is 9.52. The van der Waals surface area contributed by atoms with Crippen LogP contribution in [0, 0.1) is 12.8 Å². The van der Waals surface area contributed by atoms with Crippen LogP contribution in [0.1, 0.15) is 47.3 Å². The van der Waals surface area contributed by atoms with Gasteiger partial charge in [0.05, 0.1) is 11.4 Å². The standard InChI is InChI=1S/C31H31N5S/c1-18(2)33-23-11-9-19(3)13-21(14-23)22-15-26-30(35-36-31(26)32-17-22)28-16-25-24(29-12-10-20(4)37-29)7-5-6-8-27(25)34-28/h5-7,9-19,33-34H,8H2,1-4H3,(H,32,35,36). The Hall–Kier alpha value is -3.90. The predicted octanol–water partition coefficient (Wildman–Crippen LogP) is 7.34. The van der Waals surface area contributed by atoms with Crippen LogP contribution < -0.4 is 5.32 Å². The molecule has 0 amide bonds. The van der Waals surface area contributed by atoms with Gasteiger partial charge in [-0.1, -0.05) is 37.3 Å². The Morgan fingerprint density at radius 2 is 2.08 bits per heavy atom. The lowest BCUT2D eigenvalue weighted by atomic mass is 10.0. The largest absolute Gasteiger partial charge is 0.383 e. The predicted molar refractivity (Wildman–Crippen MR) is 155 cm³/mol. The van der Waals surface area contributed by atoms with Gasteiger partial charge in [0.1, 0.15) is 0 Å². The van der Waals surface area contributed by atoms with Crippen LogP contribution in [0.3, 0.4) is 0 Å². The van der Waals surface area contributed by atoms with Gasteiger partial charge in [-0.05, 0) is 68.7 Å². The molecule has 0 fully saturated rings. The van der Waals surface area contributed by atoms with E-state index in [0.717, 1.165) is 45.7 Å². The van der Waals surface area contributed by atoms with Gasteiger partial charge < -0.3 is 10.3 Å². The zero-order valence-corrected chi connectivity index (χ0v) is 22.4. The number of aromatic amines is 2. The smallest absolute Gasteiger partial charge is 0.181 e. The van der Waals surface area contributed by atoms with Gasteiger partial charge in [-0.3, -0.25) is 5.10 Å². The topological polar surface area (TPSA) is 69.4 Å². The third kappa shape index (κ3) is 4.65. The maximum atomic E-state index is 4.72. The summed E-state index contributed by atoms with van der Waals surface area (Å²) in [6.07, 6.45) is 18.3. The first-order chi connectivity index (χ1) is 17.9. The summed E-state index contributed by atoms with van der Waals surface area (Å²) < 4.78 is 0. The second-order valence-corrected chi connectivity index (χ2v) is 11.4. The molecule has 2 aliphatic rings. The molecule has 6 heteroatoms. The average Bonchev–Trinajstić information content (AvgIpc) is 3.53. The summed E-state index contributed by atoms with van der Waals surface area (Å²) in [5, 5.41) is 12.3. The number of nitrogens with zero attached hydrogens (tertiary/aromatic N) is 2. The maximum absolute atomic E-state index is 4.72. The molecule has 3 N–H and O–H groups in total. The van der Waals surface area contributed by atoms with Gasteiger partial charge in [0.2, 0.25) is 0 Å². The summed E-state index contributed by atoms with van der Waals surface area (Å²) in [6.45, 7) is 8.68. The zero-order chi connectivity index (χ0) is 25.5. The molecule has 186 valence electrons. The van der Waals surface area contributed by atoms with Crippen molar-refractivity contribution in [2.24, 2.45) is 5.92 Å². The molecule has 1 atom stereocenters. The molecule has 1 unspecified atom stereocenters. The van der Waals surface area contributed by atoms with E-state index in [0.29, 0.717) is 12.0 Å². The zero-order valence-electron chi connectivity index (χ0n) is 21.6. The van der Waals surface area contributed by atoms with Gasteiger partial charge in [0, 0.05) is 61.9 Å². The number of thiophene rings is 1. The fraction of sp³-hybridized carbons (Fsp3) is 0.226. The molecule has 6 rings (SSSR count). The van der Waals surface area contributed by atoms with Crippen molar-refractivity contribution in [3.05, 3.63) is 105 Å². The SMILES string of the molecule is Cc1ccc(C2=CC=CCc3[nH]c(-c4[nH]nc5ncc(C6=CC(C)C=CC(NC(C)C)=C6)cc45)cc32)s1. The highest BCUT2D eigenvalue weighted by Crippen LogP contribution is 2.37.